The molecule has 0 N–H and O–H groups in total. The van der Waals surface area contributed by atoms with Gasteiger partial charge >= 0.3 is 26.2 Å². The Bertz CT molecular complexity index is 782. The first-order valence-corrected chi connectivity index (χ1v) is 12.9. The zero-order chi connectivity index (χ0) is 18.6. The van der Waals surface area contributed by atoms with Gasteiger partial charge in [-0.2, -0.15) is 30.3 Å². The van der Waals surface area contributed by atoms with E-state index in [1.54, 1.807) is 0 Å². The number of fused-ring (bicyclic) bond motifs is 3. The Kier molecular flexibility index (Phi) is 12.9. The Morgan fingerprint density at radius 2 is 1.72 bits per heavy atom. The molecule has 2 aliphatic rings. The third-order valence-electron chi connectivity index (χ3n) is 4.71. The zero-order valence-electron chi connectivity index (χ0n) is 17.6. The van der Waals surface area contributed by atoms with Crippen LogP contribution in [0.4, 0.5) is 0 Å². The molecular formula is C24H28Cl2OSiZr. The number of allylic oxidation sites excluding steroid dienone is 3. The Hall–Kier alpha value is -0.440. The minimum Gasteiger partial charge on any atom is -1.00 e. The van der Waals surface area contributed by atoms with Crippen LogP contribution < -0.4 is 24.8 Å². The van der Waals surface area contributed by atoms with Gasteiger partial charge in [-0.25, -0.2) is 11.6 Å². The summed E-state index contributed by atoms with van der Waals surface area (Å²) in [6.45, 7) is 9.77. The minimum absolute atomic E-state index is 0. The van der Waals surface area contributed by atoms with Gasteiger partial charge in [0, 0.05) is 6.61 Å². The Morgan fingerprint density at radius 1 is 1.03 bits per heavy atom. The van der Waals surface area contributed by atoms with Crippen molar-refractivity contribution in [2.45, 2.75) is 45.3 Å². The molecule has 2 aromatic carbocycles. The maximum absolute atomic E-state index is 5.74. The molecule has 2 aliphatic carbocycles. The van der Waals surface area contributed by atoms with Gasteiger partial charge in [0.1, 0.15) is 0 Å². The van der Waals surface area contributed by atoms with E-state index < -0.39 is 8.32 Å². The Labute approximate surface area is 209 Å². The smallest absolute Gasteiger partial charge is 1.00 e. The van der Waals surface area contributed by atoms with Crippen molar-refractivity contribution >= 4 is 8.32 Å². The third-order valence-corrected chi connectivity index (χ3v) is 5.78. The summed E-state index contributed by atoms with van der Waals surface area (Å²) in [7, 11) is -1.29. The molecule has 0 heterocycles. The topological polar surface area (TPSA) is 9.23 Å². The summed E-state index contributed by atoms with van der Waals surface area (Å²) >= 11 is 0. The van der Waals surface area contributed by atoms with Crippen LogP contribution in [-0.2, 0) is 30.6 Å². The van der Waals surface area contributed by atoms with Crippen LogP contribution in [-0.4, -0.2) is 14.9 Å². The maximum atomic E-state index is 5.74. The van der Waals surface area contributed by atoms with Crippen LogP contribution in [0.15, 0.2) is 60.2 Å². The third kappa shape index (κ3) is 7.96. The molecule has 29 heavy (non-hydrogen) atoms. The summed E-state index contributed by atoms with van der Waals surface area (Å²) < 4.78 is 5.74. The molecule has 4 rings (SSSR count). The van der Waals surface area contributed by atoms with E-state index in [4.69, 9.17) is 4.43 Å². The first-order valence-electron chi connectivity index (χ1n) is 9.46. The number of hydrogen-bond donors (Lipinski definition) is 0. The number of hydrogen-bond acceptors (Lipinski definition) is 1. The Morgan fingerprint density at radius 3 is 2.38 bits per heavy atom. The molecule has 0 aliphatic heterocycles. The summed E-state index contributed by atoms with van der Waals surface area (Å²) in [6.07, 6.45) is 9.59. The van der Waals surface area contributed by atoms with Crippen LogP contribution in [0.5, 0.6) is 0 Å². The van der Waals surface area contributed by atoms with Gasteiger partial charge in [-0.3, -0.25) is 6.08 Å². The van der Waals surface area contributed by atoms with Gasteiger partial charge < -0.3 is 29.2 Å². The van der Waals surface area contributed by atoms with Crippen LogP contribution in [0, 0.1) is 12.1 Å². The first-order chi connectivity index (χ1) is 12.5. The van der Waals surface area contributed by atoms with Gasteiger partial charge in [-0.1, -0.05) is 36.8 Å². The van der Waals surface area contributed by atoms with Crippen molar-refractivity contribution in [2.75, 3.05) is 6.61 Å². The van der Waals surface area contributed by atoms with Gasteiger partial charge in [0.15, 0.2) is 8.32 Å². The first kappa shape index (κ1) is 28.6. The van der Waals surface area contributed by atoms with Crippen molar-refractivity contribution < 1.29 is 55.4 Å². The van der Waals surface area contributed by atoms with Crippen molar-refractivity contribution in [1.29, 1.82) is 0 Å². The molecule has 1 atom stereocenters. The van der Waals surface area contributed by atoms with Crippen LogP contribution in [0.3, 0.4) is 0 Å². The molecule has 0 radical (unpaired) electrons. The fourth-order valence-corrected chi connectivity index (χ4v) is 4.12. The summed E-state index contributed by atoms with van der Waals surface area (Å²) in [5, 5.41) is 0. The van der Waals surface area contributed by atoms with Crippen molar-refractivity contribution in [1.82, 2.24) is 0 Å². The van der Waals surface area contributed by atoms with Gasteiger partial charge in [-0.15, -0.1) is 17.5 Å². The second-order valence-corrected chi connectivity index (χ2v) is 12.3. The van der Waals surface area contributed by atoms with Gasteiger partial charge in [0.05, 0.1) is 0 Å². The average Bonchev–Trinajstić information content (AvgIpc) is 3.23. The summed E-state index contributed by atoms with van der Waals surface area (Å²) in [5.74, 6) is 0.502. The molecule has 0 amide bonds. The zero-order valence-corrected chi connectivity index (χ0v) is 22.5. The number of halogens is 2. The minimum atomic E-state index is -1.29. The summed E-state index contributed by atoms with van der Waals surface area (Å²) in [4.78, 5) is 0. The molecule has 0 aromatic heterocycles. The van der Waals surface area contributed by atoms with E-state index in [2.05, 4.69) is 87.3 Å². The van der Waals surface area contributed by atoms with E-state index in [0.717, 1.165) is 19.4 Å². The predicted octanol–water partition coefficient (Wildman–Crippen LogP) is 0.542. The molecule has 1 unspecified atom stereocenters. The standard InChI is InChI=1S/C14H11.C10H17OSi.2ClH.Zr/c1-10-11-6-2-4-8-13(11)14-9-5-3-7-12(10)14;1-12(2,3)11-9-8-10-6-4-5-7-10;;;/h2-6,8-10H,1H3;4,6H,5,8-9H2,1-3H3;2*1H;/q2*-1;;;+4/p-2. The second-order valence-electron chi connectivity index (χ2n) is 7.83. The molecule has 0 saturated heterocycles. The van der Waals surface area contributed by atoms with E-state index in [1.165, 1.54) is 27.8 Å². The summed E-state index contributed by atoms with van der Waals surface area (Å²) in [6, 6.07) is 18.2. The van der Waals surface area contributed by atoms with Crippen molar-refractivity contribution in [3.63, 3.8) is 0 Å². The normalized spacial score (nSPS) is 15.4. The molecule has 0 bridgehead atoms. The monoisotopic (exact) mass is 520 g/mol. The van der Waals surface area contributed by atoms with Crippen LogP contribution in [0.1, 0.15) is 36.8 Å². The van der Waals surface area contributed by atoms with Gasteiger partial charge in [0.25, 0.3) is 0 Å². The van der Waals surface area contributed by atoms with Crippen LogP contribution in [0.2, 0.25) is 19.6 Å². The predicted molar refractivity (Wildman–Crippen MR) is 113 cm³/mol. The number of benzene rings is 2. The Balaban J connectivity index is 0.000000496. The SMILES string of the molecule is CC1c2[c-]cccc2-c2ccccc21.C[Si](C)(C)OCCC1=[C-]CC=C1.[Cl-].[Cl-].[Zr+4]. The van der Waals surface area contributed by atoms with Crippen LogP contribution >= 0.6 is 0 Å². The largest absolute Gasteiger partial charge is 4.00 e. The molecule has 0 spiro atoms. The molecule has 2 aromatic rings. The van der Waals surface area contributed by atoms with E-state index in [-0.39, 0.29) is 51.0 Å². The molecular weight excluding hydrogens is 494 g/mol. The fourth-order valence-electron chi connectivity index (χ4n) is 3.41. The molecule has 152 valence electrons. The average molecular weight is 523 g/mol. The van der Waals surface area contributed by atoms with Gasteiger partial charge in [0.2, 0.25) is 0 Å². The quantitative estimate of drug-likeness (QED) is 0.421. The van der Waals surface area contributed by atoms with Gasteiger partial charge in [-0.05, 0) is 37.5 Å². The number of rotatable bonds is 4. The summed E-state index contributed by atoms with van der Waals surface area (Å²) in [5.41, 5.74) is 6.83. The van der Waals surface area contributed by atoms with E-state index in [1.807, 2.05) is 6.07 Å². The van der Waals surface area contributed by atoms with Crippen molar-refractivity contribution in [3.8, 4) is 11.1 Å². The maximum Gasteiger partial charge on any atom is 4.00 e. The molecule has 0 fully saturated rings. The molecule has 0 saturated carbocycles. The van der Waals surface area contributed by atoms with Crippen LogP contribution in [0.25, 0.3) is 11.1 Å². The molecule has 1 nitrogen and oxygen atoms in total. The van der Waals surface area contributed by atoms with E-state index >= 15 is 0 Å². The van der Waals surface area contributed by atoms with Crippen molar-refractivity contribution in [3.05, 3.63) is 83.5 Å². The fraction of sp³-hybridized carbons (Fsp3) is 0.333. The molecule has 5 heteroatoms. The van der Waals surface area contributed by atoms with E-state index in [9.17, 15) is 0 Å². The van der Waals surface area contributed by atoms with E-state index in [0.29, 0.717) is 5.92 Å². The van der Waals surface area contributed by atoms with Crippen molar-refractivity contribution in [2.24, 2.45) is 0 Å². The second kappa shape index (κ2) is 13.1.